The number of fused-ring (bicyclic) bond motifs is 11. The molecule has 0 N–H and O–H groups in total. The molecule has 0 amide bonds. The Balaban J connectivity index is 0.708. The maximum Gasteiger partial charge on any atom is 0.0541 e. The van der Waals surface area contributed by atoms with Crippen LogP contribution in [0.3, 0.4) is 0 Å². The number of benzene rings is 12. The van der Waals surface area contributed by atoms with Gasteiger partial charge in [-0.15, -0.1) is 0 Å². The zero-order valence-corrected chi connectivity index (χ0v) is 44.8. The van der Waals surface area contributed by atoms with Gasteiger partial charge in [-0.05, 0) is 163 Å². The predicted octanol–water partition coefficient (Wildman–Crippen LogP) is 20.8. The average Bonchev–Trinajstić information content (AvgIpc) is 4.26. The molecule has 374 valence electrons. The van der Waals surface area contributed by atoms with Crippen molar-refractivity contribution in [1.29, 1.82) is 0 Å². The van der Waals surface area contributed by atoms with Crippen molar-refractivity contribution in [3.05, 3.63) is 287 Å². The van der Waals surface area contributed by atoms with E-state index in [9.17, 15) is 0 Å². The second-order valence-electron chi connectivity index (χ2n) is 22.2. The van der Waals surface area contributed by atoms with Gasteiger partial charge in [0.05, 0.1) is 22.1 Å². The molecule has 0 bridgehead atoms. The fourth-order valence-corrected chi connectivity index (χ4v) is 13.0. The predicted molar refractivity (Wildman–Crippen MR) is 339 cm³/mol. The van der Waals surface area contributed by atoms with Crippen LogP contribution in [0.15, 0.2) is 243 Å². The maximum absolute atomic E-state index is 2.41. The smallest absolute Gasteiger partial charge is 0.0541 e. The van der Waals surface area contributed by atoms with Crippen molar-refractivity contribution in [3.8, 4) is 44.8 Å². The Morgan fingerprint density at radius 3 is 1.09 bits per heavy atom. The van der Waals surface area contributed by atoms with Crippen molar-refractivity contribution in [3.63, 3.8) is 0 Å². The van der Waals surface area contributed by atoms with E-state index in [1.54, 1.807) is 0 Å². The van der Waals surface area contributed by atoms with Gasteiger partial charge >= 0.3 is 0 Å². The number of aromatic nitrogens is 2. The summed E-state index contributed by atoms with van der Waals surface area (Å²) in [5.74, 6) is 0. The standard InChI is InChI=1S/C77H56N2/c1-49-21-35-57(36-22-49)78-73-19-11-9-17-67(73)69-47-55(33-43-75(69)78)61-41-31-53(59-13-5-7-15-63(59)61)29-25-51-27-39-65-66-40-28-52(46-72(66)77(3,4)71(65)45-51)26-30-54-32-42-62(64-16-8-6-14-60(54)64)56-34-44-76-70(48-56)68-18-10-12-20-74(68)79(76)58-37-23-50(2)24-38-58/h5-48H,1-4H3/b29-25+,30-26+. The number of para-hydroxylation sites is 2. The van der Waals surface area contributed by atoms with Gasteiger partial charge in [0.1, 0.15) is 0 Å². The lowest BCUT2D eigenvalue weighted by atomic mass is 9.81. The van der Waals surface area contributed by atoms with Crippen LogP contribution in [-0.4, -0.2) is 9.13 Å². The molecule has 0 unspecified atom stereocenters. The van der Waals surface area contributed by atoms with Gasteiger partial charge in [-0.2, -0.15) is 0 Å². The zero-order valence-electron chi connectivity index (χ0n) is 44.8. The first-order valence-electron chi connectivity index (χ1n) is 27.6. The fraction of sp³-hybridized carbons (Fsp3) is 0.0649. The molecule has 0 saturated heterocycles. The Bertz CT molecular complexity index is 4550. The van der Waals surface area contributed by atoms with E-state index in [0.717, 1.165) is 0 Å². The van der Waals surface area contributed by atoms with Crippen LogP contribution in [0.2, 0.25) is 0 Å². The third-order valence-electron chi connectivity index (χ3n) is 17.1. The second-order valence-corrected chi connectivity index (χ2v) is 22.2. The molecule has 2 nitrogen and oxygen atoms in total. The van der Waals surface area contributed by atoms with Crippen LogP contribution in [0.4, 0.5) is 0 Å². The fourth-order valence-electron chi connectivity index (χ4n) is 13.0. The maximum atomic E-state index is 2.41. The molecule has 0 aliphatic heterocycles. The van der Waals surface area contributed by atoms with E-state index in [2.05, 4.69) is 304 Å². The first kappa shape index (κ1) is 46.5. The molecule has 1 aliphatic rings. The van der Waals surface area contributed by atoms with Crippen LogP contribution >= 0.6 is 0 Å². The molecule has 2 heterocycles. The first-order chi connectivity index (χ1) is 38.7. The van der Waals surface area contributed by atoms with Gasteiger partial charge in [-0.1, -0.05) is 231 Å². The Kier molecular flexibility index (Phi) is 10.7. The lowest BCUT2D eigenvalue weighted by molar-refractivity contribution is 0.660. The summed E-state index contributed by atoms with van der Waals surface area (Å²) in [6, 6.07) is 90.2. The van der Waals surface area contributed by atoms with Crippen molar-refractivity contribution in [2.24, 2.45) is 0 Å². The van der Waals surface area contributed by atoms with Gasteiger partial charge in [0, 0.05) is 38.3 Å². The Hall–Kier alpha value is -9.76. The van der Waals surface area contributed by atoms with E-state index in [1.807, 2.05) is 0 Å². The normalized spacial score (nSPS) is 13.1. The van der Waals surface area contributed by atoms with Crippen LogP contribution in [0.1, 0.15) is 58.4 Å². The van der Waals surface area contributed by atoms with Crippen LogP contribution in [0, 0.1) is 13.8 Å². The SMILES string of the molecule is Cc1ccc(-n2c3ccccc3c3cc(-c4ccc(/C=C/c5ccc6c(c5)C(C)(C)c5cc(/C=C/c7ccc(-c8ccc9c(c8)c8ccccc8n9-c8ccc(C)cc8)c8ccccc78)ccc5-6)c5ccccc45)ccc32)cc1. The molecule has 0 fully saturated rings. The molecule has 79 heavy (non-hydrogen) atoms. The van der Waals surface area contributed by atoms with Gasteiger partial charge in [0.25, 0.3) is 0 Å². The van der Waals surface area contributed by atoms with Gasteiger partial charge in [-0.25, -0.2) is 0 Å². The number of rotatable bonds is 8. The number of aryl methyl sites for hydroxylation is 2. The zero-order chi connectivity index (χ0) is 52.9. The topological polar surface area (TPSA) is 9.86 Å². The Labute approximate surface area is 461 Å². The molecule has 2 aromatic heterocycles. The van der Waals surface area contributed by atoms with E-state index in [0.29, 0.717) is 0 Å². The highest BCUT2D eigenvalue weighted by Gasteiger charge is 2.35. The quantitative estimate of drug-likeness (QED) is 0.134. The summed E-state index contributed by atoms with van der Waals surface area (Å²) in [6.07, 6.45) is 9.18. The third-order valence-corrected chi connectivity index (χ3v) is 17.1. The molecule has 0 radical (unpaired) electrons. The highest BCUT2D eigenvalue weighted by molar-refractivity contribution is 6.13. The summed E-state index contributed by atoms with van der Waals surface area (Å²) >= 11 is 0. The van der Waals surface area contributed by atoms with Crippen molar-refractivity contribution in [1.82, 2.24) is 9.13 Å². The molecule has 2 heteroatoms. The molecular weight excluding hydrogens is 953 g/mol. The van der Waals surface area contributed by atoms with Crippen molar-refractivity contribution >= 4 is 89.5 Å². The van der Waals surface area contributed by atoms with E-state index in [4.69, 9.17) is 0 Å². The minimum atomic E-state index is -0.165. The number of hydrogen-bond acceptors (Lipinski definition) is 0. The molecule has 15 rings (SSSR count). The van der Waals surface area contributed by atoms with Gasteiger partial charge < -0.3 is 9.13 Å². The lowest BCUT2D eigenvalue weighted by Gasteiger charge is -2.22. The van der Waals surface area contributed by atoms with E-state index in [-0.39, 0.29) is 5.41 Å². The summed E-state index contributed by atoms with van der Waals surface area (Å²) in [5, 5.41) is 10.0. The average molecular weight is 1010 g/mol. The monoisotopic (exact) mass is 1010 g/mol. The van der Waals surface area contributed by atoms with Gasteiger partial charge in [-0.3, -0.25) is 0 Å². The van der Waals surface area contributed by atoms with Crippen molar-refractivity contribution < 1.29 is 0 Å². The summed E-state index contributed by atoms with van der Waals surface area (Å²) in [5.41, 5.74) is 24.7. The Morgan fingerprint density at radius 2 is 0.658 bits per heavy atom. The van der Waals surface area contributed by atoms with Gasteiger partial charge in [0.2, 0.25) is 0 Å². The second kappa shape index (κ2) is 18.2. The first-order valence-corrected chi connectivity index (χ1v) is 27.6. The van der Waals surface area contributed by atoms with Crippen molar-refractivity contribution in [2.45, 2.75) is 33.1 Å². The van der Waals surface area contributed by atoms with E-state index in [1.165, 1.54) is 154 Å². The molecule has 1 aliphatic carbocycles. The van der Waals surface area contributed by atoms with Crippen LogP contribution < -0.4 is 0 Å². The number of hydrogen-bond donors (Lipinski definition) is 0. The van der Waals surface area contributed by atoms with Crippen LogP contribution in [0.25, 0.3) is 134 Å². The molecule has 14 aromatic rings. The summed E-state index contributed by atoms with van der Waals surface area (Å²) in [6.45, 7) is 9.05. The Morgan fingerprint density at radius 1 is 0.291 bits per heavy atom. The molecule has 0 atom stereocenters. The van der Waals surface area contributed by atoms with Crippen molar-refractivity contribution in [2.75, 3.05) is 0 Å². The summed E-state index contributed by atoms with van der Waals surface area (Å²) in [4.78, 5) is 0. The minimum absolute atomic E-state index is 0.165. The summed E-state index contributed by atoms with van der Waals surface area (Å²) in [7, 11) is 0. The molecule has 0 saturated carbocycles. The highest BCUT2D eigenvalue weighted by atomic mass is 15.0. The minimum Gasteiger partial charge on any atom is -0.309 e. The molecular formula is C77H56N2. The molecule has 0 spiro atoms. The molecule has 12 aromatic carbocycles. The lowest BCUT2D eigenvalue weighted by Crippen LogP contribution is -2.15. The van der Waals surface area contributed by atoms with Crippen LogP contribution in [-0.2, 0) is 5.41 Å². The van der Waals surface area contributed by atoms with E-state index >= 15 is 0 Å². The summed E-state index contributed by atoms with van der Waals surface area (Å²) < 4.78 is 4.79. The van der Waals surface area contributed by atoms with Gasteiger partial charge in [0.15, 0.2) is 0 Å². The highest BCUT2D eigenvalue weighted by Crippen LogP contribution is 2.50. The van der Waals surface area contributed by atoms with E-state index < -0.39 is 0 Å². The third kappa shape index (κ3) is 7.62. The van der Waals surface area contributed by atoms with Crippen LogP contribution in [0.5, 0.6) is 0 Å². The largest absolute Gasteiger partial charge is 0.309 e. The number of nitrogens with zero attached hydrogens (tertiary/aromatic N) is 2.